The molecule has 1 heterocycles. The molecule has 0 radical (unpaired) electrons. The van der Waals surface area contributed by atoms with E-state index >= 15 is 0 Å². The normalized spacial score (nSPS) is 15.9. The van der Waals surface area contributed by atoms with Crippen LogP contribution < -0.4 is 4.74 Å². The summed E-state index contributed by atoms with van der Waals surface area (Å²) in [5.41, 5.74) is 2.34. The first kappa shape index (κ1) is 21.5. The Kier molecular flexibility index (Phi) is 6.12. The number of nitrogens with zero attached hydrogens (tertiary/aromatic N) is 1. The van der Waals surface area contributed by atoms with E-state index in [0.29, 0.717) is 37.6 Å². The van der Waals surface area contributed by atoms with Crippen molar-refractivity contribution in [2.24, 2.45) is 0 Å². The molecule has 1 fully saturated rings. The molecule has 0 saturated carbocycles. The molecule has 7 heteroatoms. The Morgan fingerprint density at radius 3 is 2.21 bits per heavy atom. The van der Waals surface area contributed by atoms with Gasteiger partial charge in [-0.2, -0.15) is 4.31 Å². The van der Waals surface area contributed by atoms with Gasteiger partial charge in [0.1, 0.15) is 5.75 Å². The lowest BCUT2D eigenvalue weighted by Gasteiger charge is -2.26. The van der Waals surface area contributed by atoms with Crippen molar-refractivity contribution in [3.05, 3.63) is 59.2 Å². The molecule has 6 nitrogen and oxygen atoms in total. The third kappa shape index (κ3) is 4.86. The third-order valence-electron chi connectivity index (χ3n) is 4.94. The molecule has 1 aliphatic rings. The Balaban J connectivity index is 1.74. The topological polar surface area (TPSA) is 72.9 Å². The van der Waals surface area contributed by atoms with Gasteiger partial charge in [-0.25, -0.2) is 13.2 Å². The monoisotopic (exact) mass is 417 g/mol. The van der Waals surface area contributed by atoms with Gasteiger partial charge in [0, 0.05) is 13.1 Å². The number of carbonyl (C=O) groups excluding carboxylic acids is 1. The van der Waals surface area contributed by atoms with Crippen LogP contribution in [0.2, 0.25) is 0 Å². The lowest BCUT2D eigenvalue weighted by molar-refractivity contribution is 0.0730. The molecular weight excluding hydrogens is 390 g/mol. The summed E-state index contributed by atoms with van der Waals surface area (Å²) < 4.78 is 37.5. The van der Waals surface area contributed by atoms with Gasteiger partial charge in [0.2, 0.25) is 10.0 Å². The number of hydrogen-bond donors (Lipinski definition) is 0. The maximum Gasteiger partial charge on any atom is 0.343 e. The van der Waals surface area contributed by atoms with Crippen LogP contribution in [0.15, 0.2) is 47.4 Å². The maximum absolute atomic E-state index is 12.7. The van der Waals surface area contributed by atoms with Crippen molar-refractivity contribution in [2.45, 2.75) is 38.0 Å². The minimum absolute atomic E-state index is 0.00903. The first-order chi connectivity index (χ1) is 13.6. The van der Waals surface area contributed by atoms with Crippen LogP contribution in [0.3, 0.4) is 0 Å². The van der Waals surface area contributed by atoms with E-state index in [1.807, 2.05) is 19.1 Å². The second-order valence-electron chi connectivity index (χ2n) is 8.16. The van der Waals surface area contributed by atoms with Crippen molar-refractivity contribution in [1.82, 2.24) is 4.31 Å². The van der Waals surface area contributed by atoms with Crippen molar-refractivity contribution in [3.63, 3.8) is 0 Å². The van der Waals surface area contributed by atoms with Gasteiger partial charge in [0.05, 0.1) is 23.7 Å². The maximum atomic E-state index is 12.7. The first-order valence-corrected chi connectivity index (χ1v) is 11.0. The largest absolute Gasteiger partial charge is 0.423 e. The van der Waals surface area contributed by atoms with Gasteiger partial charge in [0.25, 0.3) is 0 Å². The molecule has 0 aliphatic carbocycles. The van der Waals surface area contributed by atoms with Gasteiger partial charge < -0.3 is 9.47 Å². The highest BCUT2D eigenvalue weighted by Gasteiger charge is 2.26. The van der Waals surface area contributed by atoms with Gasteiger partial charge >= 0.3 is 5.97 Å². The molecule has 3 rings (SSSR count). The van der Waals surface area contributed by atoms with Gasteiger partial charge in [-0.3, -0.25) is 0 Å². The van der Waals surface area contributed by atoms with Crippen LogP contribution in [0.1, 0.15) is 42.3 Å². The van der Waals surface area contributed by atoms with Gasteiger partial charge in [-0.05, 0) is 53.8 Å². The minimum Gasteiger partial charge on any atom is -0.423 e. The number of ether oxygens (including phenoxy) is 2. The van der Waals surface area contributed by atoms with E-state index in [1.165, 1.54) is 28.6 Å². The van der Waals surface area contributed by atoms with Crippen LogP contribution in [0.4, 0.5) is 0 Å². The summed E-state index contributed by atoms with van der Waals surface area (Å²) in [5.74, 6) is -0.0278. The summed E-state index contributed by atoms with van der Waals surface area (Å²) >= 11 is 0. The van der Waals surface area contributed by atoms with Crippen LogP contribution >= 0.6 is 0 Å². The molecule has 0 unspecified atom stereocenters. The number of aryl methyl sites for hydroxylation is 1. The van der Waals surface area contributed by atoms with E-state index in [2.05, 4.69) is 20.8 Å². The molecule has 29 heavy (non-hydrogen) atoms. The summed E-state index contributed by atoms with van der Waals surface area (Å²) in [7, 11) is -3.59. The average Bonchev–Trinajstić information content (AvgIpc) is 2.69. The Morgan fingerprint density at radius 1 is 1.03 bits per heavy atom. The van der Waals surface area contributed by atoms with E-state index in [-0.39, 0.29) is 10.3 Å². The van der Waals surface area contributed by atoms with Crippen molar-refractivity contribution >= 4 is 16.0 Å². The van der Waals surface area contributed by atoms with Gasteiger partial charge in [-0.1, -0.05) is 32.9 Å². The standard InChI is InChI=1S/C22H27NO5S/c1-16-15-18(22(2,3)4)7-10-20(16)28-21(24)17-5-8-19(9-6-17)29(25,26)23-11-13-27-14-12-23/h5-10,15H,11-14H2,1-4H3. The molecule has 0 atom stereocenters. The summed E-state index contributed by atoms with van der Waals surface area (Å²) in [4.78, 5) is 12.7. The van der Waals surface area contributed by atoms with Crippen LogP contribution in [-0.4, -0.2) is 45.0 Å². The average molecular weight is 418 g/mol. The Labute approximate surface area is 172 Å². The van der Waals surface area contributed by atoms with Crippen LogP contribution in [0, 0.1) is 6.92 Å². The summed E-state index contributed by atoms with van der Waals surface area (Å²) in [5, 5.41) is 0. The second-order valence-corrected chi connectivity index (χ2v) is 10.1. The molecule has 0 amide bonds. The predicted octanol–water partition coefficient (Wildman–Crippen LogP) is 3.53. The number of rotatable bonds is 4. The minimum atomic E-state index is -3.59. The fourth-order valence-corrected chi connectivity index (χ4v) is 4.50. The van der Waals surface area contributed by atoms with Gasteiger partial charge in [0.15, 0.2) is 0 Å². The van der Waals surface area contributed by atoms with E-state index in [9.17, 15) is 13.2 Å². The first-order valence-electron chi connectivity index (χ1n) is 9.60. The van der Waals surface area contributed by atoms with E-state index in [0.717, 1.165) is 11.1 Å². The van der Waals surface area contributed by atoms with Crippen molar-refractivity contribution < 1.29 is 22.7 Å². The molecule has 1 saturated heterocycles. The number of benzene rings is 2. The summed E-state index contributed by atoms with van der Waals surface area (Å²) in [6.07, 6.45) is 0. The fraction of sp³-hybridized carbons (Fsp3) is 0.409. The highest BCUT2D eigenvalue weighted by Crippen LogP contribution is 2.28. The summed E-state index contributed by atoms with van der Waals surface area (Å²) in [6, 6.07) is 11.6. The lowest BCUT2D eigenvalue weighted by atomic mass is 9.86. The number of morpholine rings is 1. The summed E-state index contributed by atoms with van der Waals surface area (Å²) in [6.45, 7) is 9.70. The highest BCUT2D eigenvalue weighted by atomic mass is 32.2. The van der Waals surface area contributed by atoms with E-state index < -0.39 is 16.0 Å². The van der Waals surface area contributed by atoms with Gasteiger partial charge in [-0.15, -0.1) is 0 Å². The third-order valence-corrected chi connectivity index (χ3v) is 6.85. The van der Waals surface area contributed by atoms with Crippen molar-refractivity contribution in [1.29, 1.82) is 0 Å². The zero-order valence-corrected chi connectivity index (χ0v) is 18.1. The molecule has 0 N–H and O–H groups in total. The molecule has 2 aromatic carbocycles. The molecule has 156 valence electrons. The number of carbonyl (C=O) groups is 1. The Bertz CT molecular complexity index is 985. The highest BCUT2D eigenvalue weighted by molar-refractivity contribution is 7.89. The fourth-order valence-electron chi connectivity index (χ4n) is 3.09. The molecular formula is C22H27NO5S. The van der Waals surface area contributed by atoms with E-state index in [1.54, 1.807) is 6.07 Å². The zero-order valence-electron chi connectivity index (χ0n) is 17.3. The second kappa shape index (κ2) is 8.26. The van der Waals surface area contributed by atoms with Crippen LogP contribution in [0.25, 0.3) is 0 Å². The molecule has 2 aromatic rings. The van der Waals surface area contributed by atoms with Crippen LogP contribution in [-0.2, 0) is 20.2 Å². The van der Waals surface area contributed by atoms with Crippen molar-refractivity contribution in [2.75, 3.05) is 26.3 Å². The predicted molar refractivity (Wildman–Crippen MR) is 111 cm³/mol. The quantitative estimate of drug-likeness (QED) is 0.562. The molecule has 1 aliphatic heterocycles. The number of sulfonamides is 1. The molecule has 0 bridgehead atoms. The molecule has 0 aromatic heterocycles. The lowest BCUT2D eigenvalue weighted by Crippen LogP contribution is -2.40. The van der Waals surface area contributed by atoms with Crippen LogP contribution in [0.5, 0.6) is 5.75 Å². The number of hydrogen-bond acceptors (Lipinski definition) is 5. The number of esters is 1. The zero-order chi connectivity index (χ0) is 21.2. The SMILES string of the molecule is Cc1cc(C(C)(C)C)ccc1OC(=O)c1ccc(S(=O)(=O)N2CCOCC2)cc1. The smallest absolute Gasteiger partial charge is 0.343 e. The van der Waals surface area contributed by atoms with Crippen molar-refractivity contribution in [3.8, 4) is 5.75 Å². The molecule has 0 spiro atoms. The Morgan fingerprint density at radius 2 is 1.66 bits per heavy atom. The Hall–Kier alpha value is -2.22. The van der Waals surface area contributed by atoms with E-state index in [4.69, 9.17) is 9.47 Å².